The van der Waals surface area contributed by atoms with E-state index < -0.39 is 0 Å². The van der Waals surface area contributed by atoms with Crippen LogP contribution in [-0.4, -0.2) is 0 Å². The van der Waals surface area contributed by atoms with Crippen molar-refractivity contribution < 1.29 is 4.74 Å². The molecule has 2 aromatic rings. The molecule has 0 heterocycles. The van der Waals surface area contributed by atoms with Crippen LogP contribution in [0.3, 0.4) is 0 Å². The van der Waals surface area contributed by atoms with Crippen LogP contribution >= 0.6 is 15.9 Å². The molecule has 3 heteroatoms. The molecule has 0 amide bonds. The number of halogens is 1. The van der Waals surface area contributed by atoms with Crippen molar-refractivity contribution in [1.29, 1.82) is 5.26 Å². The fourth-order valence-corrected chi connectivity index (χ4v) is 2.78. The summed E-state index contributed by atoms with van der Waals surface area (Å²) in [5.41, 5.74) is 4.98. The minimum atomic E-state index is 0.409. The third-order valence-corrected chi connectivity index (χ3v) is 4.30. The highest BCUT2D eigenvalue weighted by Crippen LogP contribution is 2.32. The number of hydrogen-bond acceptors (Lipinski definition) is 2. The van der Waals surface area contributed by atoms with Gasteiger partial charge in [0.15, 0.2) is 0 Å². The molecule has 2 nitrogen and oxygen atoms in total. The molecule has 0 aliphatic heterocycles. The van der Waals surface area contributed by atoms with E-state index in [1.54, 1.807) is 0 Å². The van der Waals surface area contributed by atoms with E-state index in [4.69, 9.17) is 10.00 Å². The predicted octanol–water partition coefficient (Wildman–Crippen LogP) is 4.83. The smallest absolute Gasteiger partial charge is 0.125 e. The Morgan fingerprint density at radius 2 is 1.85 bits per heavy atom. The maximum atomic E-state index is 9.09. The largest absolute Gasteiger partial charge is 0.488 e. The van der Waals surface area contributed by atoms with Gasteiger partial charge in [0.1, 0.15) is 12.4 Å². The lowest BCUT2D eigenvalue weighted by Gasteiger charge is -2.15. The molecule has 0 unspecified atom stereocenters. The van der Waals surface area contributed by atoms with E-state index in [1.165, 1.54) is 5.56 Å². The molecule has 0 N–H and O–H groups in total. The summed E-state index contributed by atoms with van der Waals surface area (Å²) in [4.78, 5) is 0. The van der Waals surface area contributed by atoms with Gasteiger partial charge in [0.2, 0.25) is 0 Å². The van der Waals surface area contributed by atoms with E-state index >= 15 is 0 Å². The van der Waals surface area contributed by atoms with Crippen molar-refractivity contribution >= 4 is 15.9 Å². The second-order valence-electron chi connectivity index (χ2n) is 4.81. The molecule has 0 aliphatic rings. The van der Waals surface area contributed by atoms with E-state index in [9.17, 15) is 0 Å². The molecule has 0 radical (unpaired) electrons. The Bertz CT molecular complexity index is 686. The molecule has 0 aromatic heterocycles. The lowest BCUT2D eigenvalue weighted by atomic mass is 10.0. The highest BCUT2D eigenvalue weighted by Gasteiger charge is 2.11. The molecule has 2 rings (SSSR count). The summed E-state index contributed by atoms with van der Waals surface area (Å²) < 4.78 is 7.05. The number of nitriles is 1. The summed E-state index contributed by atoms with van der Waals surface area (Å²) >= 11 is 3.55. The van der Waals surface area contributed by atoms with Crippen molar-refractivity contribution in [2.24, 2.45) is 0 Å². The van der Waals surface area contributed by atoms with Gasteiger partial charge in [0.05, 0.1) is 11.6 Å². The van der Waals surface area contributed by atoms with Crippen LogP contribution < -0.4 is 4.74 Å². The Morgan fingerprint density at radius 3 is 2.55 bits per heavy atom. The quantitative estimate of drug-likeness (QED) is 0.808. The van der Waals surface area contributed by atoms with Crippen LogP contribution in [0.15, 0.2) is 34.8 Å². The van der Waals surface area contributed by atoms with Crippen molar-refractivity contribution in [3.05, 3.63) is 62.6 Å². The van der Waals surface area contributed by atoms with Crippen molar-refractivity contribution in [1.82, 2.24) is 0 Å². The van der Waals surface area contributed by atoms with Gasteiger partial charge >= 0.3 is 0 Å². The molecule has 0 spiro atoms. The first-order chi connectivity index (χ1) is 9.54. The van der Waals surface area contributed by atoms with Crippen molar-refractivity contribution in [3.8, 4) is 11.8 Å². The van der Waals surface area contributed by atoms with Gasteiger partial charge in [-0.15, -0.1) is 0 Å². The van der Waals surface area contributed by atoms with Crippen LogP contribution in [0.5, 0.6) is 5.75 Å². The fraction of sp³-hybridized carbons (Fsp3) is 0.235. The van der Waals surface area contributed by atoms with Crippen molar-refractivity contribution in [2.75, 3.05) is 0 Å². The Hall–Kier alpha value is -1.79. The molecule has 102 valence electrons. The molecule has 0 bridgehead atoms. The van der Waals surface area contributed by atoms with Crippen LogP contribution in [0.25, 0.3) is 0 Å². The van der Waals surface area contributed by atoms with Crippen LogP contribution in [0, 0.1) is 32.1 Å². The number of ether oxygens (including phenoxy) is 1. The van der Waals surface area contributed by atoms with Crippen LogP contribution in [-0.2, 0) is 6.61 Å². The molecule has 2 aromatic carbocycles. The second kappa shape index (κ2) is 6.11. The highest BCUT2D eigenvalue weighted by atomic mass is 79.9. The van der Waals surface area contributed by atoms with E-state index in [0.29, 0.717) is 12.2 Å². The first-order valence-electron chi connectivity index (χ1n) is 6.41. The number of hydrogen-bond donors (Lipinski definition) is 0. The Kier molecular flexibility index (Phi) is 4.46. The molecular formula is C17H16BrNO. The summed E-state index contributed by atoms with van der Waals surface area (Å²) in [5, 5.41) is 9.09. The number of aryl methyl sites for hydroxylation is 1. The van der Waals surface area contributed by atoms with Crippen LogP contribution in [0.1, 0.15) is 27.8 Å². The van der Waals surface area contributed by atoms with Gasteiger partial charge in [-0.2, -0.15) is 5.26 Å². The van der Waals surface area contributed by atoms with E-state index in [-0.39, 0.29) is 0 Å². The predicted molar refractivity (Wildman–Crippen MR) is 83.8 cm³/mol. The Labute approximate surface area is 128 Å². The summed E-state index contributed by atoms with van der Waals surface area (Å²) in [5.74, 6) is 0.901. The lowest BCUT2D eigenvalue weighted by molar-refractivity contribution is 0.301. The van der Waals surface area contributed by atoms with E-state index in [0.717, 1.165) is 26.9 Å². The van der Waals surface area contributed by atoms with Gasteiger partial charge < -0.3 is 4.74 Å². The summed E-state index contributed by atoms with van der Waals surface area (Å²) in [6.45, 7) is 6.56. The maximum Gasteiger partial charge on any atom is 0.125 e. The maximum absolute atomic E-state index is 9.09. The first-order valence-corrected chi connectivity index (χ1v) is 7.21. The molecule has 0 fully saturated rings. The zero-order chi connectivity index (χ0) is 14.7. The summed E-state index contributed by atoms with van der Waals surface area (Å²) in [6, 6.07) is 11.8. The normalized spacial score (nSPS) is 10.2. The third kappa shape index (κ3) is 2.86. The van der Waals surface area contributed by atoms with Crippen molar-refractivity contribution in [2.45, 2.75) is 27.4 Å². The summed E-state index contributed by atoms with van der Waals surface area (Å²) in [6.07, 6.45) is 0. The van der Waals surface area contributed by atoms with Crippen LogP contribution in [0.4, 0.5) is 0 Å². The van der Waals surface area contributed by atoms with Crippen LogP contribution in [0.2, 0.25) is 0 Å². The van der Waals surface area contributed by atoms with Gasteiger partial charge in [-0.25, -0.2) is 0 Å². The van der Waals surface area contributed by atoms with Gasteiger partial charge in [-0.3, -0.25) is 0 Å². The van der Waals surface area contributed by atoms with E-state index in [2.05, 4.69) is 41.9 Å². The van der Waals surface area contributed by atoms with Gasteiger partial charge in [-0.05, 0) is 49.6 Å². The third-order valence-electron chi connectivity index (χ3n) is 3.47. The Morgan fingerprint density at radius 1 is 1.15 bits per heavy atom. The number of rotatable bonds is 3. The first kappa shape index (κ1) is 14.6. The topological polar surface area (TPSA) is 33.0 Å². The SMILES string of the molecule is Cc1cc(Br)c(C)c(C)c1OCc1ccccc1C#N. The Balaban J connectivity index is 2.28. The zero-order valence-electron chi connectivity index (χ0n) is 11.8. The molecule has 0 saturated carbocycles. The van der Waals surface area contributed by atoms with Crippen molar-refractivity contribution in [3.63, 3.8) is 0 Å². The lowest BCUT2D eigenvalue weighted by Crippen LogP contribution is -2.02. The highest BCUT2D eigenvalue weighted by molar-refractivity contribution is 9.10. The number of nitrogens with zero attached hydrogens (tertiary/aromatic N) is 1. The monoisotopic (exact) mass is 329 g/mol. The average molecular weight is 330 g/mol. The minimum Gasteiger partial charge on any atom is -0.488 e. The standard InChI is InChI=1S/C17H16BrNO/c1-11-8-16(18)12(2)13(3)17(11)20-10-15-7-5-4-6-14(15)9-19/h4-8H,10H2,1-3H3. The van der Waals surface area contributed by atoms with E-state index in [1.807, 2.05) is 31.2 Å². The molecule has 0 atom stereocenters. The molecule has 0 aliphatic carbocycles. The molecular weight excluding hydrogens is 314 g/mol. The zero-order valence-corrected chi connectivity index (χ0v) is 13.4. The fourth-order valence-electron chi connectivity index (χ4n) is 2.14. The molecule has 0 saturated heterocycles. The number of benzene rings is 2. The van der Waals surface area contributed by atoms with Gasteiger partial charge in [-0.1, -0.05) is 34.1 Å². The van der Waals surface area contributed by atoms with Gasteiger partial charge in [0.25, 0.3) is 0 Å². The average Bonchev–Trinajstić information content (AvgIpc) is 2.45. The second-order valence-corrected chi connectivity index (χ2v) is 5.67. The van der Waals surface area contributed by atoms with Gasteiger partial charge in [0, 0.05) is 10.0 Å². The molecule has 20 heavy (non-hydrogen) atoms. The minimum absolute atomic E-state index is 0.409. The summed E-state index contributed by atoms with van der Waals surface area (Å²) in [7, 11) is 0.